The number of nitrogens with one attached hydrogen (secondary N) is 2. The molecule has 1 aromatic rings. The molecule has 0 aromatic heterocycles. The van der Waals surface area contributed by atoms with E-state index in [1.165, 1.54) is 0 Å². The van der Waals surface area contributed by atoms with Gasteiger partial charge in [0.15, 0.2) is 18.2 Å². The average Bonchev–Trinajstić information content (AvgIpc) is 2.38. The van der Waals surface area contributed by atoms with Gasteiger partial charge in [0, 0.05) is 12.4 Å². The van der Waals surface area contributed by atoms with Gasteiger partial charge in [-0.3, -0.25) is 0 Å². The SMILES string of the molecule is CCOc1ccccc1OCNC(=O)NCCCl. The Balaban J connectivity index is 2.36. The molecule has 18 heavy (non-hydrogen) atoms. The number of urea groups is 1. The molecular weight excluding hydrogens is 256 g/mol. The van der Waals surface area contributed by atoms with E-state index in [4.69, 9.17) is 21.1 Å². The van der Waals surface area contributed by atoms with E-state index in [0.717, 1.165) is 0 Å². The van der Waals surface area contributed by atoms with Crippen molar-refractivity contribution in [2.24, 2.45) is 0 Å². The molecule has 0 bridgehead atoms. The van der Waals surface area contributed by atoms with Crippen molar-refractivity contribution in [3.8, 4) is 11.5 Å². The summed E-state index contributed by atoms with van der Waals surface area (Å²) in [6.45, 7) is 2.94. The van der Waals surface area contributed by atoms with Crippen molar-refractivity contribution >= 4 is 17.6 Å². The number of carbonyl (C=O) groups excluding carboxylic acids is 1. The Labute approximate surface area is 111 Å². The minimum Gasteiger partial charge on any atom is -0.490 e. The van der Waals surface area contributed by atoms with E-state index in [1.54, 1.807) is 6.07 Å². The molecular formula is C12H17ClN2O3. The lowest BCUT2D eigenvalue weighted by atomic mass is 10.3. The monoisotopic (exact) mass is 272 g/mol. The van der Waals surface area contributed by atoms with E-state index < -0.39 is 0 Å². The van der Waals surface area contributed by atoms with E-state index >= 15 is 0 Å². The number of alkyl halides is 1. The van der Waals surface area contributed by atoms with Crippen molar-refractivity contribution in [1.82, 2.24) is 10.6 Å². The van der Waals surface area contributed by atoms with Crippen molar-refractivity contribution in [3.05, 3.63) is 24.3 Å². The molecule has 1 aromatic carbocycles. The second-order valence-electron chi connectivity index (χ2n) is 3.29. The predicted molar refractivity (Wildman–Crippen MR) is 70.4 cm³/mol. The Bertz CT molecular complexity index is 374. The van der Waals surface area contributed by atoms with Crippen molar-refractivity contribution in [1.29, 1.82) is 0 Å². The number of para-hydroxylation sites is 2. The number of hydrogen-bond donors (Lipinski definition) is 2. The first-order chi connectivity index (χ1) is 8.77. The van der Waals surface area contributed by atoms with Gasteiger partial charge >= 0.3 is 6.03 Å². The van der Waals surface area contributed by atoms with Crippen molar-refractivity contribution in [2.45, 2.75) is 6.92 Å². The van der Waals surface area contributed by atoms with Gasteiger partial charge in [0.25, 0.3) is 0 Å². The molecule has 0 saturated heterocycles. The van der Waals surface area contributed by atoms with Crippen molar-refractivity contribution < 1.29 is 14.3 Å². The Morgan fingerprint density at radius 2 is 1.89 bits per heavy atom. The summed E-state index contributed by atoms with van der Waals surface area (Å²) in [7, 11) is 0. The number of rotatable bonds is 7. The highest BCUT2D eigenvalue weighted by Crippen LogP contribution is 2.25. The fraction of sp³-hybridized carbons (Fsp3) is 0.417. The molecule has 1 rings (SSSR count). The van der Waals surface area contributed by atoms with Gasteiger partial charge < -0.3 is 20.1 Å². The van der Waals surface area contributed by atoms with Crippen LogP contribution in [-0.4, -0.2) is 31.8 Å². The highest BCUT2D eigenvalue weighted by atomic mass is 35.5. The first kappa shape index (κ1) is 14.4. The minimum atomic E-state index is -0.315. The van der Waals surface area contributed by atoms with E-state index in [-0.39, 0.29) is 12.8 Å². The molecule has 2 amide bonds. The van der Waals surface area contributed by atoms with E-state index in [1.807, 2.05) is 25.1 Å². The van der Waals surface area contributed by atoms with Crippen molar-refractivity contribution in [2.75, 3.05) is 25.8 Å². The van der Waals surface area contributed by atoms with Crippen LogP contribution in [0, 0.1) is 0 Å². The summed E-state index contributed by atoms with van der Waals surface area (Å²) in [5, 5.41) is 5.11. The van der Waals surface area contributed by atoms with Crippen LogP contribution in [0.2, 0.25) is 0 Å². The first-order valence-corrected chi connectivity index (χ1v) is 6.23. The lowest BCUT2D eigenvalue weighted by Crippen LogP contribution is -2.38. The maximum absolute atomic E-state index is 11.2. The van der Waals surface area contributed by atoms with E-state index in [2.05, 4.69) is 10.6 Å². The predicted octanol–water partition coefficient (Wildman–Crippen LogP) is 1.96. The first-order valence-electron chi connectivity index (χ1n) is 5.70. The Morgan fingerprint density at radius 3 is 2.50 bits per heavy atom. The highest BCUT2D eigenvalue weighted by Gasteiger charge is 2.04. The molecule has 100 valence electrons. The summed E-state index contributed by atoms with van der Waals surface area (Å²) in [6, 6.07) is 6.98. The maximum Gasteiger partial charge on any atom is 0.317 e. The molecule has 0 fully saturated rings. The topological polar surface area (TPSA) is 59.6 Å². The van der Waals surface area contributed by atoms with E-state index in [0.29, 0.717) is 30.5 Å². The number of benzene rings is 1. The van der Waals surface area contributed by atoms with Crippen LogP contribution in [0.15, 0.2) is 24.3 Å². The summed E-state index contributed by atoms with van der Waals surface area (Å²) in [4.78, 5) is 11.2. The Morgan fingerprint density at radius 1 is 1.22 bits per heavy atom. The van der Waals surface area contributed by atoms with Crippen LogP contribution in [-0.2, 0) is 0 Å². The summed E-state index contributed by atoms with van der Waals surface area (Å²) in [6.07, 6.45) is 0. The standard InChI is InChI=1S/C12H17ClN2O3/c1-2-17-10-5-3-4-6-11(10)18-9-15-12(16)14-8-7-13/h3-6H,2,7-9H2,1H3,(H2,14,15,16). The number of halogens is 1. The summed E-state index contributed by atoms with van der Waals surface area (Å²) >= 11 is 5.44. The molecule has 0 heterocycles. The van der Waals surface area contributed by atoms with Crippen LogP contribution in [0.4, 0.5) is 4.79 Å². The van der Waals surface area contributed by atoms with Crippen LogP contribution in [0.3, 0.4) is 0 Å². The zero-order valence-electron chi connectivity index (χ0n) is 10.2. The smallest absolute Gasteiger partial charge is 0.317 e. The van der Waals surface area contributed by atoms with Gasteiger partial charge in [0.05, 0.1) is 6.61 Å². The van der Waals surface area contributed by atoms with Gasteiger partial charge in [-0.25, -0.2) is 4.79 Å². The molecule has 0 spiro atoms. The fourth-order valence-electron chi connectivity index (χ4n) is 1.25. The summed E-state index contributed by atoms with van der Waals surface area (Å²) in [5.74, 6) is 1.63. The number of amides is 2. The third-order valence-corrected chi connectivity index (χ3v) is 2.18. The number of ether oxygens (including phenoxy) is 2. The van der Waals surface area contributed by atoms with Crippen LogP contribution in [0.25, 0.3) is 0 Å². The second kappa shape index (κ2) is 8.47. The normalized spacial score (nSPS) is 9.67. The molecule has 0 aliphatic rings. The molecule has 0 saturated carbocycles. The van der Waals surface area contributed by atoms with Crippen molar-refractivity contribution in [3.63, 3.8) is 0 Å². The van der Waals surface area contributed by atoms with Gasteiger partial charge in [-0.15, -0.1) is 11.6 Å². The minimum absolute atomic E-state index is 0.0677. The quantitative estimate of drug-likeness (QED) is 0.589. The van der Waals surface area contributed by atoms with Gasteiger partial charge in [0.1, 0.15) is 0 Å². The molecule has 0 radical (unpaired) electrons. The van der Waals surface area contributed by atoms with Crippen LogP contribution in [0.5, 0.6) is 11.5 Å². The van der Waals surface area contributed by atoms with Crippen LogP contribution in [0.1, 0.15) is 6.92 Å². The zero-order chi connectivity index (χ0) is 13.2. The van der Waals surface area contributed by atoms with Crippen LogP contribution >= 0.6 is 11.6 Å². The number of hydrogen-bond acceptors (Lipinski definition) is 3. The molecule has 0 aliphatic heterocycles. The van der Waals surface area contributed by atoms with Gasteiger partial charge in [-0.1, -0.05) is 12.1 Å². The second-order valence-corrected chi connectivity index (χ2v) is 3.67. The maximum atomic E-state index is 11.2. The third-order valence-electron chi connectivity index (χ3n) is 1.99. The van der Waals surface area contributed by atoms with E-state index in [9.17, 15) is 4.79 Å². The summed E-state index contributed by atoms with van der Waals surface area (Å²) in [5.41, 5.74) is 0. The molecule has 5 nitrogen and oxygen atoms in total. The average molecular weight is 273 g/mol. The molecule has 2 N–H and O–H groups in total. The largest absolute Gasteiger partial charge is 0.490 e. The lowest BCUT2D eigenvalue weighted by Gasteiger charge is -2.12. The molecule has 0 atom stereocenters. The zero-order valence-corrected chi connectivity index (χ0v) is 11.0. The van der Waals surface area contributed by atoms with Crippen LogP contribution < -0.4 is 20.1 Å². The third kappa shape index (κ3) is 5.14. The van der Waals surface area contributed by atoms with Gasteiger partial charge in [0.2, 0.25) is 0 Å². The summed E-state index contributed by atoms with van der Waals surface area (Å²) < 4.78 is 10.8. The highest BCUT2D eigenvalue weighted by molar-refractivity contribution is 6.18. The van der Waals surface area contributed by atoms with Gasteiger partial charge in [-0.05, 0) is 19.1 Å². The Kier molecular flexibility index (Phi) is 6.79. The molecule has 0 aliphatic carbocycles. The number of carbonyl (C=O) groups is 1. The molecule has 6 heteroatoms. The van der Waals surface area contributed by atoms with Gasteiger partial charge in [-0.2, -0.15) is 0 Å². The molecule has 0 unspecified atom stereocenters. The fourth-order valence-corrected chi connectivity index (χ4v) is 1.34. The Hall–Kier alpha value is -1.62. The lowest BCUT2D eigenvalue weighted by molar-refractivity contribution is 0.220.